The van der Waals surface area contributed by atoms with Gasteiger partial charge in [-0.15, -0.1) is 0 Å². The van der Waals surface area contributed by atoms with Crippen molar-refractivity contribution >= 4 is 23.2 Å². The van der Waals surface area contributed by atoms with Crippen LogP contribution >= 0.6 is 11.6 Å². The van der Waals surface area contributed by atoms with Gasteiger partial charge in [-0.05, 0) is 36.2 Å². The van der Waals surface area contributed by atoms with Crippen molar-refractivity contribution in [3.8, 4) is 17.2 Å². The van der Waals surface area contributed by atoms with Gasteiger partial charge in [0.2, 0.25) is 0 Å². The number of nitrogens with zero attached hydrogens (tertiary/aromatic N) is 1. The van der Waals surface area contributed by atoms with Gasteiger partial charge in [-0.1, -0.05) is 17.7 Å². The standard InChI is InChI=1S/C18H19ClN2O6/c1-25-16-5-3-12(9-17(16)26-2)7-8-20-18(22)11-27-15-6-4-13(19)10-14(15)21(23)24/h3-6,9-10H,7-8,11H2,1-2H3,(H,20,22). The first-order chi connectivity index (χ1) is 12.9. The average molecular weight is 395 g/mol. The van der Waals surface area contributed by atoms with Crippen molar-refractivity contribution < 1.29 is 23.9 Å². The smallest absolute Gasteiger partial charge is 0.312 e. The Hall–Kier alpha value is -3.00. The van der Waals surface area contributed by atoms with E-state index < -0.39 is 4.92 Å². The zero-order chi connectivity index (χ0) is 19.8. The number of carbonyl (C=O) groups excluding carboxylic acids is 1. The third-order valence-electron chi connectivity index (χ3n) is 3.66. The number of halogens is 1. The molecule has 2 aromatic carbocycles. The van der Waals surface area contributed by atoms with E-state index in [9.17, 15) is 14.9 Å². The fourth-order valence-electron chi connectivity index (χ4n) is 2.33. The topological polar surface area (TPSA) is 99.9 Å². The molecule has 0 unspecified atom stereocenters. The van der Waals surface area contributed by atoms with E-state index in [-0.39, 0.29) is 29.0 Å². The SMILES string of the molecule is COc1ccc(CCNC(=O)COc2ccc(Cl)cc2[N+](=O)[O-])cc1OC. The van der Waals surface area contributed by atoms with Crippen LogP contribution in [-0.2, 0) is 11.2 Å². The van der Waals surface area contributed by atoms with Crippen molar-refractivity contribution in [2.24, 2.45) is 0 Å². The van der Waals surface area contributed by atoms with Crippen LogP contribution in [0.25, 0.3) is 0 Å². The molecule has 0 heterocycles. The Balaban J connectivity index is 1.84. The van der Waals surface area contributed by atoms with Gasteiger partial charge in [-0.25, -0.2) is 0 Å². The van der Waals surface area contributed by atoms with Crippen molar-refractivity contribution in [1.82, 2.24) is 5.32 Å². The predicted octanol–water partition coefficient (Wildman–Crippen LogP) is 3.00. The van der Waals surface area contributed by atoms with Gasteiger partial charge in [0, 0.05) is 17.6 Å². The number of rotatable bonds is 9. The van der Waals surface area contributed by atoms with Crippen molar-refractivity contribution in [3.05, 3.63) is 57.1 Å². The molecule has 27 heavy (non-hydrogen) atoms. The third-order valence-corrected chi connectivity index (χ3v) is 3.90. The summed E-state index contributed by atoms with van der Waals surface area (Å²) in [7, 11) is 3.11. The summed E-state index contributed by atoms with van der Waals surface area (Å²) in [6.45, 7) is 0.0365. The second-order valence-electron chi connectivity index (χ2n) is 5.45. The first kappa shape index (κ1) is 20.3. The van der Waals surface area contributed by atoms with E-state index in [2.05, 4.69) is 5.32 Å². The Bertz CT molecular complexity index is 827. The maximum atomic E-state index is 11.9. The summed E-state index contributed by atoms with van der Waals surface area (Å²) in [5.74, 6) is 0.835. The fourth-order valence-corrected chi connectivity index (χ4v) is 2.50. The molecule has 0 aliphatic carbocycles. The minimum absolute atomic E-state index is 0.0144. The highest BCUT2D eigenvalue weighted by Gasteiger charge is 2.16. The molecule has 2 aromatic rings. The number of hydrogen-bond donors (Lipinski definition) is 1. The van der Waals surface area contributed by atoms with E-state index in [1.54, 1.807) is 20.3 Å². The van der Waals surface area contributed by atoms with E-state index in [1.165, 1.54) is 18.2 Å². The summed E-state index contributed by atoms with van der Waals surface area (Å²) in [4.78, 5) is 22.3. The molecule has 1 N–H and O–H groups in total. The van der Waals surface area contributed by atoms with Gasteiger partial charge in [0.05, 0.1) is 19.1 Å². The van der Waals surface area contributed by atoms with Crippen LogP contribution in [0.15, 0.2) is 36.4 Å². The highest BCUT2D eigenvalue weighted by Crippen LogP contribution is 2.30. The molecule has 0 saturated heterocycles. The van der Waals surface area contributed by atoms with Gasteiger partial charge in [0.1, 0.15) is 0 Å². The van der Waals surface area contributed by atoms with Gasteiger partial charge < -0.3 is 19.5 Å². The van der Waals surface area contributed by atoms with Crippen LogP contribution in [0.1, 0.15) is 5.56 Å². The van der Waals surface area contributed by atoms with Gasteiger partial charge in [-0.3, -0.25) is 14.9 Å². The highest BCUT2D eigenvalue weighted by atomic mass is 35.5. The Morgan fingerprint density at radius 1 is 1.11 bits per heavy atom. The average Bonchev–Trinajstić information content (AvgIpc) is 2.66. The van der Waals surface area contributed by atoms with Crippen molar-refractivity contribution in [2.45, 2.75) is 6.42 Å². The van der Waals surface area contributed by atoms with Crippen LogP contribution in [0, 0.1) is 10.1 Å². The van der Waals surface area contributed by atoms with Crippen LogP contribution in [-0.4, -0.2) is 38.2 Å². The van der Waals surface area contributed by atoms with Gasteiger partial charge in [0.15, 0.2) is 23.9 Å². The lowest BCUT2D eigenvalue weighted by atomic mass is 10.1. The van der Waals surface area contributed by atoms with Crippen LogP contribution in [0.5, 0.6) is 17.2 Å². The van der Waals surface area contributed by atoms with Crippen molar-refractivity contribution in [1.29, 1.82) is 0 Å². The molecule has 0 saturated carbocycles. The third kappa shape index (κ3) is 5.75. The lowest BCUT2D eigenvalue weighted by Gasteiger charge is -2.10. The van der Waals surface area contributed by atoms with Crippen molar-refractivity contribution in [2.75, 3.05) is 27.4 Å². The summed E-state index contributed by atoms with van der Waals surface area (Å²) < 4.78 is 15.6. The van der Waals surface area contributed by atoms with E-state index >= 15 is 0 Å². The van der Waals surface area contributed by atoms with E-state index in [1.807, 2.05) is 12.1 Å². The molecule has 0 aliphatic rings. The van der Waals surface area contributed by atoms with Crippen LogP contribution < -0.4 is 19.5 Å². The Labute approximate surface area is 161 Å². The number of amides is 1. The maximum Gasteiger partial charge on any atom is 0.312 e. The summed E-state index contributed by atoms with van der Waals surface area (Å²) in [6.07, 6.45) is 0.577. The second-order valence-corrected chi connectivity index (χ2v) is 5.88. The quantitative estimate of drug-likeness (QED) is 0.518. The van der Waals surface area contributed by atoms with Crippen molar-refractivity contribution in [3.63, 3.8) is 0 Å². The molecule has 0 aromatic heterocycles. The minimum Gasteiger partial charge on any atom is -0.493 e. The maximum absolute atomic E-state index is 11.9. The molecular formula is C18H19ClN2O6. The molecule has 2 rings (SSSR count). The van der Waals surface area contributed by atoms with Crippen LogP contribution in [0.3, 0.4) is 0 Å². The minimum atomic E-state index is -0.615. The zero-order valence-electron chi connectivity index (χ0n) is 14.9. The molecule has 0 atom stereocenters. The fraction of sp³-hybridized carbons (Fsp3) is 0.278. The molecule has 0 radical (unpaired) electrons. The monoisotopic (exact) mass is 394 g/mol. The Kier molecular flexibility index (Phi) is 7.25. The molecule has 0 fully saturated rings. The van der Waals surface area contributed by atoms with E-state index in [0.29, 0.717) is 24.5 Å². The van der Waals surface area contributed by atoms with E-state index in [0.717, 1.165) is 5.56 Å². The Morgan fingerprint density at radius 2 is 1.81 bits per heavy atom. The first-order valence-electron chi connectivity index (χ1n) is 7.99. The zero-order valence-corrected chi connectivity index (χ0v) is 15.6. The molecule has 0 spiro atoms. The molecule has 1 amide bonds. The number of nitrogens with one attached hydrogen (secondary N) is 1. The van der Waals surface area contributed by atoms with E-state index in [4.69, 9.17) is 25.8 Å². The molecule has 9 heteroatoms. The van der Waals surface area contributed by atoms with Gasteiger partial charge in [-0.2, -0.15) is 0 Å². The molecule has 0 bridgehead atoms. The number of methoxy groups -OCH3 is 2. The second kappa shape index (κ2) is 9.63. The largest absolute Gasteiger partial charge is 0.493 e. The highest BCUT2D eigenvalue weighted by molar-refractivity contribution is 6.30. The molecule has 8 nitrogen and oxygen atoms in total. The lowest BCUT2D eigenvalue weighted by molar-refractivity contribution is -0.385. The first-order valence-corrected chi connectivity index (χ1v) is 8.36. The van der Waals surface area contributed by atoms with Crippen LogP contribution in [0.4, 0.5) is 5.69 Å². The van der Waals surface area contributed by atoms with Gasteiger partial charge >= 0.3 is 5.69 Å². The summed E-state index contributed by atoms with van der Waals surface area (Å²) >= 11 is 5.73. The number of nitro benzene ring substituents is 1. The number of ether oxygens (including phenoxy) is 3. The predicted molar refractivity (Wildman–Crippen MR) is 99.9 cm³/mol. The molecular weight excluding hydrogens is 376 g/mol. The molecule has 0 aliphatic heterocycles. The summed E-state index contributed by atoms with van der Waals surface area (Å²) in [5, 5.41) is 13.9. The normalized spacial score (nSPS) is 10.2. The summed E-state index contributed by atoms with van der Waals surface area (Å²) in [6, 6.07) is 9.49. The van der Waals surface area contributed by atoms with Crippen LogP contribution in [0.2, 0.25) is 5.02 Å². The Morgan fingerprint density at radius 3 is 2.48 bits per heavy atom. The number of carbonyl (C=O) groups is 1. The number of benzene rings is 2. The summed E-state index contributed by atoms with van der Waals surface area (Å²) in [5.41, 5.74) is 0.669. The molecule has 144 valence electrons. The number of hydrogen-bond acceptors (Lipinski definition) is 6. The number of nitro groups is 1. The van der Waals surface area contributed by atoms with Gasteiger partial charge in [0.25, 0.3) is 5.91 Å². The lowest BCUT2D eigenvalue weighted by Crippen LogP contribution is -2.30.